The summed E-state index contributed by atoms with van der Waals surface area (Å²) >= 11 is 0. The third kappa shape index (κ3) is 1.39. The molecule has 0 aliphatic carbocycles. The predicted octanol–water partition coefficient (Wildman–Crippen LogP) is 0.0142. The maximum absolute atomic E-state index is 12.7. The summed E-state index contributed by atoms with van der Waals surface area (Å²) < 4.78 is 12.7. The van der Waals surface area contributed by atoms with Gasteiger partial charge in [0.25, 0.3) is 0 Å². The van der Waals surface area contributed by atoms with Crippen molar-refractivity contribution < 1.29 is 9.18 Å². The van der Waals surface area contributed by atoms with Crippen molar-refractivity contribution >= 4 is 25.3 Å². The van der Waals surface area contributed by atoms with Gasteiger partial charge in [-0.25, -0.2) is 4.39 Å². The van der Waals surface area contributed by atoms with Crippen LogP contribution in [0.1, 0.15) is 10.4 Å². The minimum Gasteiger partial charge on any atom is -0.396 e. The minimum absolute atomic E-state index is 0.0856. The molecule has 0 atom stereocenters. The van der Waals surface area contributed by atoms with Crippen molar-refractivity contribution in [2.24, 2.45) is 0 Å². The summed E-state index contributed by atoms with van der Waals surface area (Å²) in [7, 11) is 5.25. The highest BCUT2D eigenvalue weighted by Gasteiger charge is 2.03. The first kappa shape index (κ1) is 7.79. The van der Waals surface area contributed by atoms with E-state index in [1.54, 1.807) is 0 Å². The maximum atomic E-state index is 12.7. The number of carbonyl (C=O) groups excluding carboxylic acids is 1. The standard InChI is InChI=1S/C7H5BFNO/c8-5-1-4(3-11)7(10)6(9)2-5/h1-3H,10H2. The third-order valence-corrected chi connectivity index (χ3v) is 1.31. The van der Waals surface area contributed by atoms with Gasteiger partial charge in [-0.2, -0.15) is 0 Å². The number of nitrogen functional groups attached to an aromatic ring is 1. The number of nitrogens with two attached hydrogens (primary N) is 1. The predicted molar refractivity (Wildman–Crippen MR) is 41.6 cm³/mol. The lowest BCUT2D eigenvalue weighted by atomic mass is 9.94. The van der Waals surface area contributed by atoms with Gasteiger partial charge in [-0.1, -0.05) is 11.5 Å². The maximum Gasteiger partial charge on any atom is 0.152 e. The molecule has 0 bridgehead atoms. The van der Waals surface area contributed by atoms with E-state index in [9.17, 15) is 9.18 Å². The van der Waals surface area contributed by atoms with E-state index in [0.717, 1.165) is 6.07 Å². The smallest absolute Gasteiger partial charge is 0.152 e. The summed E-state index contributed by atoms with van der Waals surface area (Å²) in [6, 6.07) is 2.40. The molecule has 1 rings (SSSR count). The Bertz CT molecular complexity index is 301. The van der Waals surface area contributed by atoms with Crippen LogP contribution in [0, 0.1) is 5.82 Å². The Labute approximate surface area is 64.6 Å². The minimum atomic E-state index is -0.660. The van der Waals surface area contributed by atoms with Crippen LogP contribution in [0.2, 0.25) is 0 Å². The van der Waals surface area contributed by atoms with Crippen molar-refractivity contribution in [2.75, 3.05) is 5.73 Å². The molecular weight excluding hydrogens is 144 g/mol. The van der Waals surface area contributed by atoms with Crippen molar-refractivity contribution in [3.05, 3.63) is 23.5 Å². The lowest BCUT2D eigenvalue weighted by Crippen LogP contribution is -2.08. The first-order valence-corrected chi connectivity index (χ1v) is 2.95. The molecule has 54 valence electrons. The zero-order valence-electron chi connectivity index (χ0n) is 5.67. The molecule has 0 heterocycles. The molecule has 2 nitrogen and oxygen atoms in total. The van der Waals surface area contributed by atoms with Crippen molar-refractivity contribution in [3.8, 4) is 0 Å². The average molecular weight is 149 g/mol. The lowest BCUT2D eigenvalue weighted by molar-refractivity contribution is 0.112. The second-order valence-corrected chi connectivity index (χ2v) is 2.12. The van der Waals surface area contributed by atoms with Gasteiger partial charge in [0.1, 0.15) is 13.7 Å². The van der Waals surface area contributed by atoms with Crippen LogP contribution in [0.25, 0.3) is 0 Å². The van der Waals surface area contributed by atoms with Crippen LogP contribution in [0.4, 0.5) is 10.1 Å². The number of anilines is 1. The number of hydrogen-bond acceptors (Lipinski definition) is 2. The summed E-state index contributed by atoms with van der Waals surface area (Å²) in [6.07, 6.45) is 0.467. The van der Waals surface area contributed by atoms with Crippen LogP contribution in [0.15, 0.2) is 12.1 Å². The Balaban J connectivity index is 3.35. The topological polar surface area (TPSA) is 43.1 Å². The van der Waals surface area contributed by atoms with E-state index in [4.69, 9.17) is 13.6 Å². The van der Waals surface area contributed by atoms with E-state index >= 15 is 0 Å². The van der Waals surface area contributed by atoms with Crippen LogP contribution in [-0.4, -0.2) is 14.1 Å². The van der Waals surface area contributed by atoms with Crippen LogP contribution >= 0.6 is 0 Å². The molecule has 0 saturated heterocycles. The monoisotopic (exact) mass is 149 g/mol. The SMILES string of the molecule is [B]c1cc(F)c(N)c(C=O)c1. The molecule has 0 aliphatic heterocycles. The van der Waals surface area contributed by atoms with Gasteiger partial charge in [0.15, 0.2) is 6.29 Å². The van der Waals surface area contributed by atoms with E-state index in [2.05, 4.69) is 0 Å². The second kappa shape index (κ2) is 2.74. The van der Waals surface area contributed by atoms with Gasteiger partial charge in [-0.05, 0) is 6.07 Å². The highest BCUT2D eigenvalue weighted by atomic mass is 19.1. The van der Waals surface area contributed by atoms with Gasteiger partial charge in [0, 0.05) is 5.56 Å². The average Bonchev–Trinajstić information content (AvgIpc) is 1.96. The van der Waals surface area contributed by atoms with Crippen LogP contribution in [0.3, 0.4) is 0 Å². The van der Waals surface area contributed by atoms with E-state index in [0.29, 0.717) is 6.29 Å². The number of rotatable bonds is 1. The molecule has 4 heteroatoms. The van der Waals surface area contributed by atoms with Crippen molar-refractivity contribution in [1.82, 2.24) is 0 Å². The Morgan fingerprint density at radius 3 is 2.73 bits per heavy atom. The van der Waals surface area contributed by atoms with E-state index in [1.165, 1.54) is 6.07 Å². The molecule has 0 fully saturated rings. The van der Waals surface area contributed by atoms with Gasteiger partial charge in [-0.15, -0.1) is 0 Å². The summed E-state index contributed by atoms with van der Waals surface area (Å²) in [4.78, 5) is 10.2. The van der Waals surface area contributed by atoms with Gasteiger partial charge in [-0.3, -0.25) is 4.79 Å². The quantitative estimate of drug-likeness (QED) is 0.347. The summed E-state index contributed by atoms with van der Waals surface area (Å²) in [5.74, 6) is -0.660. The fourth-order valence-electron chi connectivity index (χ4n) is 0.758. The number of aldehydes is 1. The van der Waals surface area contributed by atoms with E-state index in [-0.39, 0.29) is 16.7 Å². The number of hydrogen-bond donors (Lipinski definition) is 1. The molecule has 0 aromatic heterocycles. The molecule has 2 N–H and O–H groups in total. The van der Waals surface area contributed by atoms with Crippen LogP contribution in [0.5, 0.6) is 0 Å². The first-order valence-electron chi connectivity index (χ1n) is 2.95. The Hall–Kier alpha value is -1.32. The summed E-state index contributed by atoms with van der Waals surface area (Å²) in [5.41, 5.74) is 5.32. The molecule has 1 aromatic carbocycles. The van der Waals surface area contributed by atoms with Crippen molar-refractivity contribution in [3.63, 3.8) is 0 Å². The Morgan fingerprint density at radius 2 is 2.18 bits per heavy atom. The molecule has 0 unspecified atom stereocenters. The molecule has 0 amide bonds. The van der Waals surface area contributed by atoms with Crippen LogP contribution in [-0.2, 0) is 0 Å². The molecule has 0 aliphatic rings. The van der Waals surface area contributed by atoms with Gasteiger partial charge < -0.3 is 5.73 Å². The Kier molecular flexibility index (Phi) is 1.94. The van der Waals surface area contributed by atoms with Crippen molar-refractivity contribution in [1.29, 1.82) is 0 Å². The number of halogens is 1. The lowest BCUT2D eigenvalue weighted by Gasteiger charge is -2.01. The molecule has 1 aromatic rings. The number of carbonyl (C=O) groups is 1. The van der Waals surface area contributed by atoms with Crippen LogP contribution < -0.4 is 11.2 Å². The summed E-state index contributed by atoms with van der Waals surface area (Å²) in [6.45, 7) is 0. The fourth-order valence-corrected chi connectivity index (χ4v) is 0.758. The van der Waals surface area contributed by atoms with E-state index in [1.807, 2.05) is 0 Å². The fraction of sp³-hybridized carbons (Fsp3) is 0. The number of benzene rings is 1. The zero-order valence-corrected chi connectivity index (χ0v) is 5.67. The Morgan fingerprint density at radius 1 is 1.55 bits per heavy atom. The van der Waals surface area contributed by atoms with Crippen molar-refractivity contribution in [2.45, 2.75) is 0 Å². The van der Waals surface area contributed by atoms with Gasteiger partial charge in [0.2, 0.25) is 0 Å². The molecule has 0 saturated carbocycles. The molecule has 0 spiro atoms. The molecule has 11 heavy (non-hydrogen) atoms. The van der Waals surface area contributed by atoms with Gasteiger partial charge >= 0.3 is 0 Å². The molecular formula is C7H5BFNO. The normalized spacial score (nSPS) is 9.55. The van der Waals surface area contributed by atoms with Gasteiger partial charge in [0.05, 0.1) is 5.69 Å². The highest BCUT2D eigenvalue weighted by molar-refractivity contribution is 6.32. The summed E-state index contributed by atoms with van der Waals surface area (Å²) in [5, 5.41) is 0. The molecule has 2 radical (unpaired) electrons. The third-order valence-electron chi connectivity index (χ3n) is 1.31. The van der Waals surface area contributed by atoms with E-state index < -0.39 is 5.82 Å². The second-order valence-electron chi connectivity index (χ2n) is 2.12. The zero-order chi connectivity index (χ0) is 8.43. The largest absolute Gasteiger partial charge is 0.396 e. The first-order chi connectivity index (χ1) is 5.15. The highest BCUT2D eigenvalue weighted by Crippen LogP contribution is 2.11.